The lowest BCUT2D eigenvalue weighted by molar-refractivity contribution is -0.166. The predicted molar refractivity (Wildman–Crippen MR) is 224 cm³/mol. The van der Waals surface area contributed by atoms with Crippen molar-refractivity contribution in [1.82, 2.24) is 15.0 Å². The molecular weight excluding hydrogens is 749 g/mol. The van der Waals surface area contributed by atoms with Gasteiger partial charge in [0.2, 0.25) is 0 Å². The fourth-order valence-electron chi connectivity index (χ4n) is 5.69. The lowest BCUT2D eigenvalue weighted by atomic mass is 10.0. The molecule has 0 saturated carbocycles. The van der Waals surface area contributed by atoms with Gasteiger partial charge in [0.05, 0.1) is 0 Å². The van der Waals surface area contributed by atoms with Crippen LogP contribution in [0.3, 0.4) is 0 Å². The van der Waals surface area contributed by atoms with Crippen LogP contribution in [0.25, 0.3) is 56.4 Å². The van der Waals surface area contributed by atoms with E-state index in [9.17, 15) is 19.3 Å². The molecule has 6 rings (SSSR count). The first-order chi connectivity index (χ1) is 28.5. The van der Waals surface area contributed by atoms with Crippen LogP contribution in [0.2, 0.25) is 0 Å². The minimum absolute atomic E-state index is 0.0453. The van der Waals surface area contributed by atoms with Gasteiger partial charge in [-0.2, -0.15) is 0 Å². The molecule has 1 heterocycles. The van der Waals surface area contributed by atoms with E-state index in [4.69, 9.17) is 33.9 Å². The van der Waals surface area contributed by atoms with Crippen LogP contribution in [-0.2, 0) is 28.6 Å². The van der Waals surface area contributed by atoms with Gasteiger partial charge in [-0.25, -0.2) is 29.3 Å². The molecule has 296 valence electrons. The van der Waals surface area contributed by atoms with E-state index < -0.39 is 36.7 Å². The van der Waals surface area contributed by atoms with Crippen molar-refractivity contribution >= 4 is 23.6 Å². The van der Waals surface area contributed by atoms with Gasteiger partial charge in [-0.1, -0.05) is 122 Å². The highest BCUT2D eigenvalue weighted by Crippen LogP contribution is 2.35. The molecule has 0 fully saturated rings. The Labute approximate surface area is 341 Å². The van der Waals surface area contributed by atoms with Crippen molar-refractivity contribution in [3.63, 3.8) is 0 Å². The first-order valence-electron chi connectivity index (χ1n) is 18.6. The normalized spacial score (nSPS) is 11.7. The third-order valence-electron chi connectivity index (χ3n) is 8.87. The highest BCUT2D eigenvalue weighted by atomic mass is 16.6. The molecule has 59 heavy (non-hydrogen) atoms. The van der Waals surface area contributed by atoms with E-state index in [1.807, 2.05) is 109 Å². The summed E-state index contributed by atoms with van der Waals surface area (Å²) in [7, 11) is 0. The Morgan fingerprint density at radius 2 is 1.05 bits per heavy atom. The average molecular weight is 789 g/mol. The van der Waals surface area contributed by atoms with Crippen LogP contribution in [0.5, 0.6) is 5.75 Å². The fourth-order valence-corrected chi connectivity index (χ4v) is 5.69. The van der Waals surface area contributed by atoms with Gasteiger partial charge < -0.3 is 18.9 Å². The standard InChI is InChI=1S/C47H40N4O8/c1-29(2)45(52)56-27-39(59-46(53)30(3)4)28-57-47(54)31(5)58-38-24-25-40(41(26-38)51-55)44-49-42(36-20-16-34(17-21-36)32-12-8-6-9-13-32)48-43(50-44)37-22-18-35(19-23-37)33-14-10-7-11-15-33/h6-26,31,39H,1,3,27-28H2,2,4-5H3. The lowest BCUT2D eigenvalue weighted by Gasteiger charge is -2.20. The smallest absolute Gasteiger partial charge is 0.347 e. The molecule has 0 bridgehead atoms. The molecular formula is C47H40N4O8. The van der Waals surface area contributed by atoms with Gasteiger partial charge in [-0.15, -0.1) is 4.91 Å². The highest BCUT2D eigenvalue weighted by molar-refractivity contribution is 5.88. The number of nitrogens with zero attached hydrogens (tertiary/aromatic N) is 4. The number of hydrogen-bond acceptors (Lipinski definition) is 12. The number of carbonyl (C=O) groups excluding carboxylic acids is 3. The molecule has 0 radical (unpaired) electrons. The summed E-state index contributed by atoms with van der Waals surface area (Å²) in [6.45, 7) is 10.6. The Hall–Kier alpha value is -7.60. The Morgan fingerprint density at radius 3 is 1.54 bits per heavy atom. The number of aromatic nitrogens is 3. The lowest BCUT2D eigenvalue weighted by Crippen LogP contribution is -2.34. The maximum Gasteiger partial charge on any atom is 0.347 e. The van der Waals surface area contributed by atoms with Gasteiger partial charge >= 0.3 is 17.9 Å². The minimum atomic E-state index is -1.18. The summed E-state index contributed by atoms with van der Waals surface area (Å²) in [5.41, 5.74) is 6.15. The van der Waals surface area contributed by atoms with E-state index in [-0.39, 0.29) is 35.0 Å². The minimum Gasteiger partial charge on any atom is -0.479 e. The zero-order valence-electron chi connectivity index (χ0n) is 32.7. The van der Waals surface area contributed by atoms with Gasteiger partial charge in [0.1, 0.15) is 24.7 Å². The monoisotopic (exact) mass is 788 g/mol. The number of carbonyl (C=O) groups is 3. The van der Waals surface area contributed by atoms with Crippen molar-refractivity contribution in [2.24, 2.45) is 5.18 Å². The van der Waals surface area contributed by atoms with Crippen LogP contribution in [0.4, 0.5) is 5.69 Å². The molecule has 12 heteroatoms. The van der Waals surface area contributed by atoms with E-state index in [0.29, 0.717) is 17.2 Å². The molecule has 12 nitrogen and oxygen atoms in total. The van der Waals surface area contributed by atoms with Crippen LogP contribution in [0, 0.1) is 4.91 Å². The predicted octanol–water partition coefficient (Wildman–Crippen LogP) is 9.52. The van der Waals surface area contributed by atoms with Crippen LogP contribution in [0.15, 0.2) is 157 Å². The summed E-state index contributed by atoms with van der Waals surface area (Å²) in [5, 5.41) is 3.25. The number of benzene rings is 5. The zero-order chi connectivity index (χ0) is 41.9. The molecule has 0 aliphatic rings. The molecule has 2 atom stereocenters. The number of rotatable bonds is 16. The van der Waals surface area contributed by atoms with Gasteiger partial charge in [0.15, 0.2) is 29.7 Å². The van der Waals surface area contributed by atoms with Crippen LogP contribution < -0.4 is 4.74 Å². The van der Waals surface area contributed by atoms with Crippen LogP contribution in [0.1, 0.15) is 20.8 Å². The second kappa shape index (κ2) is 19.0. The van der Waals surface area contributed by atoms with Gasteiger partial charge in [-0.05, 0) is 60.3 Å². The molecule has 0 saturated heterocycles. The van der Waals surface area contributed by atoms with E-state index in [0.717, 1.165) is 33.4 Å². The summed E-state index contributed by atoms with van der Waals surface area (Å²) in [4.78, 5) is 63.8. The van der Waals surface area contributed by atoms with E-state index in [1.165, 1.54) is 26.8 Å². The van der Waals surface area contributed by atoms with Crippen molar-refractivity contribution in [3.8, 4) is 62.2 Å². The summed E-state index contributed by atoms with van der Waals surface area (Å²) in [6.07, 6.45) is -2.30. The highest BCUT2D eigenvalue weighted by Gasteiger charge is 2.24. The molecule has 0 N–H and O–H groups in total. The molecule has 0 aliphatic carbocycles. The van der Waals surface area contributed by atoms with Crippen molar-refractivity contribution in [1.29, 1.82) is 0 Å². The molecule has 1 aromatic heterocycles. The summed E-state index contributed by atoms with van der Waals surface area (Å²) in [6, 6.07) is 40.2. The van der Waals surface area contributed by atoms with Crippen LogP contribution in [-0.4, -0.2) is 58.3 Å². The van der Waals surface area contributed by atoms with Crippen molar-refractivity contribution in [2.75, 3.05) is 13.2 Å². The second-order valence-corrected chi connectivity index (χ2v) is 13.5. The maximum absolute atomic E-state index is 13.0. The first kappa shape index (κ1) is 41.0. The van der Waals surface area contributed by atoms with Gasteiger partial charge in [0.25, 0.3) is 0 Å². The molecule has 6 aromatic rings. The van der Waals surface area contributed by atoms with Crippen molar-refractivity contribution in [3.05, 3.63) is 157 Å². The van der Waals surface area contributed by atoms with Gasteiger partial charge in [0, 0.05) is 33.9 Å². The first-order valence-corrected chi connectivity index (χ1v) is 18.6. The quantitative estimate of drug-likeness (QED) is 0.0398. The summed E-state index contributed by atoms with van der Waals surface area (Å²) in [5.74, 6) is -1.18. The van der Waals surface area contributed by atoms with E-state index in [2.05, 4.69) is 18.3 Å². The third-order valence-corrected chi connectivity index (χ3v) is 8.87. The van der Waals surface area contributed by atoms with Gasteiger partial charge in [-0.3, -0.25) is 0 Å². The molecule has 0 aliphatic heterocycles. The van der Waals surface area contributed by atoms with E-state index in [1.54, 1.807) is 12.1 Å². The number of esters is 3. The topological polar surface area (TPSA) is 156 Å². The Kier molecular flexibility index (Phi) is 13.2. The van der Waals surface area contributed by atoms with E-state index >= 15 is 0 Å². The molecule has 0 amide bonds. The number of nitroso groups, excluding NO2 is 1. The Bertz CT molecular complexity index is 2390. The Balaban J connectivity index is 1.25. The zero-order valence-corrected chi connectivity index (χ0v) is 32.7. The van der Waals surface area contributed by atoms with Crippen LogP contribution >= 0.6 is 0 Å². The second-order valence-electron chi connectivity index (χ2n) is 13.5. The fraction of sp³-hybridized carbons (Fsp3) is 0.149. The SMILES string of the molecule is C=C(C)C(=O)OCC(COC(=O)C(C)Oc1ccc(-c2nc(-c3ccc(-c4ccccc4)cc3)nc(-c3ccc(-c4ccccc4)cc3)n2)c(N=O)c1)OC(=O)C(=C)C. The number of hydrogen-bond donors (Lipinski definition) is 0. The average Bonchev–Trinajstić information content (AvgIpc) is 3.27. The van der Waals surface area contributed by atoms with Crippen molar-refractivity contribution in [2.45, 2.75) is 33.0 Å². The molecule has 5 aromatic carbocycles. The molecule has 0 spiro atoms. The maximum atomic E-state index is 13.0. The largest absolute Gasteiger partial charge is 0.479 e. The Morgan fingerprint density at radius 1 is 0.593 bits per heavy atom. The number of ether oxygens (including phenoxy) is 4. The summed E-state index contributed by atoms with van der Waals surface area (Å²) >= 11 is 0. The third kappa shape index (κ3) is 10.6. The van der Waals surface area contributed by atoms with Crippen molar-refractivity contribution < 1.29 is 33.3 Å². The summed E-state index contributed by atoms with van der Waals surface area (Å²) < 4.78 is 21.5. The molecule has 2 unspecified atom stereocenters.